The highest BCUT2D eigenvalue weighted by Crippen LogP contribution is 2.48. The number of nitrogens with one attached hydrogen (secondary N) is 1. The largest absolute Gasteiger partial charge is 0.352 e. The van der Waals surface area contributed by atoms with Crippen molar-refractivity contribution >= 4 is 5.91 Å². The molecule has 0 spiro atoms. The Morgan fingerprint density at radius 1 is 0.810 bits per heavy atom. The van der Waals surface area contributed by atoms with Gasteiger partial charge in [0.2, 0.25) is 5.91 Å². The first-order chi connectivity index (χ1) is 10.3. The van der Waals surface area contributed by atoms with Crippen molar-refractivity contribution in [1.82, 2.24) is 5.32 Å². The number of benzene rings is 2. The van der Waals surface area contributed by atoms with Crippen LogP contribution in [0.4, 0.5) is 0 Å². The summed E-state index contributed by atoms with van der Waals surface area (Å²) in [4.78, 5) is 12.3. The van der Waals surface area contributed by atoms with E-state index in [4.69, 9.17) is 0 Å². The van der Waals surface area contributed by atoms with Gasteiger partial charge < -0.3 is 5.32 Å². The number of carbonyl (C=O) groups excluding carboxylic acids is 1. The number of rotatable bonds is 4. The van der Waals surface area contributed by atoms with E-state index in [1.54, 1.807) is 0 Å². The van der Waals surface area contributed by atoms with Crippen molar-refractivity contribution in [2.24, 2.45) is 5.92 Å². The van der Waals surface area contributed by atoms with Crippen LogP contribution in [0.2, 0.25) is 0 Å². The molecule has 106 valence electrons. The average molecular weight is 277 g/mol. The predicted molar refractivity (Wildman–Crippen MR) is 83.0 cm³/mol. The second-order valence-electron chi connectivity index (χ2n) is 6.23. The third-order valence-electron chi connectivity index (χ3n) is 4.70. The molecular weight excluding hydrogens is 258 g/mol. The normalized spacial score (nSPS) is 29.7. The van der Waals surface area contributed by atoms with Crippen LogP contribution in [0.5, 0.6) is 0 Å². The lowest BCUT2D eigenvalue weighted by Crippen LogP contribution is -2.28. The van der Waals surface area contributed by atoms with Gasteiger partial charge in [-0.05, 0) is 29.9 Å². The molecule has 1 amide bonds. The van der Waals surface area contributed by atoms with Crippen LogP contribution in [0.15, 0.2) is 60.7 Å². The zero-order valence-corrected chi connectivity index (χ0v) is 11.9. The SMILES string of the molecule is O=C(N[C@H]1C[C@H]1c1ccccc1)[C@@H]1C[C@@H]1c1ccccc1. The fraction of sp³-hybridized carbons (Fsp3) is 0.316. The van der Waals surface area contributed by atoms with Crippen LogP contribution in [0.3, 0.4) is 0 Å². The van der Waals surface area contributed by atoms with Gasteiger partial charge in [0.05, 0.1) is 0 Å². The summed E-state index contributed by atoms with van der Waals surface area (Å²) in [5, 5.41) is 3.23. The molecule has 2 nitrogen and oxygen atoms in total. The summed E-state index contributed by atoms with van der Waals surface area (Å²) in [6.07, 6.45) is 2.08. The summed E-state index contributed by atoms with van der Waals surface area (Å²) in [6.45, 7) is 0. The monoisotopic (exact) mass is 277 g/mol. The first kappa shape index (κ1) is 12.6. The fourth-order valence-electron chi connectivity index (χ4n) is 3.27. The van der Waals surface area contributed by atoms with Crippen molar-refractivity contribution in [2.75, 3.05) is 0 Å². The van der Waals surface area contributed by atoms with Crippen molar-refractivity contribution in [3.63, 3.8) is 0 Å². The Morgan fingerprint density at radius 3 is 2.00 bits per heavy atom. The first-order valence-electron chi connectivity index (χ1n) is 7.73. The molecule has 0 aliphatic heterocycles. The molecule has 2 aromatic carbocycles. The lowest BCUT2D eigenvalue weighted by molar-refractivity contribution is -0.122. The highest BCUT2D eigenvalue weighted by atomic mass is 16.2. The van der Waals surface area contributed by atoms with Crippen LogP contribution in [-0.2, 0) is 4.79 Å². The molecule has 21 heavy (non-hydrogen) atoms. The number of amides is 1. The molecule has 4 rings (SSSR count). The lowest BCUT2D eigenvalue weighted by Gasteiger charge is -2.05. The number of hydrogen-bond acceptors (Lipinski definition) is 1. The zero-order chi connectivity index (χ0) is 14.2. The van der Waals surface area contributed by atoms with E-state index >= 15 is 0 Å². The highest BCUT2D eigenvalue weighted by Gasteiger charge is 2.47. The molecule has 0 radical (unpaired) electrons. The summed E-state index contributed by atoms with van der Waals surface area (Å²) >= 11 is 0. The van der Waals surface area contributed by atoms with Gasteiger partial charge in [0.25, 0.3) is 0 Å². The fourth-order valence-corrected chi connectivity index (χ4v) is 3.27. The maximum atomic E-state index is 12.3. The van der Waals surface area contributed by atoms with Gasteiger partial charge in [0.1, 0.15) is 0 Å². The van der Waals surface area contributed by atoms with Gasteiger partial charge in [-0.3, -0.25) is 4.79 Å². The number of hydrogen-bond donors (Lipinski definition) is 1. The molecule has 2 aliphatic carbocycles. The molecule has 0 unspecified atom stereocenters. The molecule has 2 aliphatic rings. The maximum absolute atomic E-state index is 12.3. The molecule has 4 atom stereocenters. The van der Waals surface area contributed by atoms with Gasteiger partial charge in [0.15, 0.2) is 0 Å². The van der Waals surface area contributed by atoms with Crippen molar-refractivity contribution in [1.29, 1.82) is 0 Å². The smallest absolute Gasteiger partial charge is 0.223 e. The topological polar surface area (TPSA) is 29.1 Å². The minimum Gasteiger partial charge on any atom is -0.352 e. The van der Waals surface area contributed by atoms with E-state index in [2.05, 4.69) is 53.8 Å². The van der Waals surface area contributed by atoms with Crippen LogP contribution in [0.25, 0.3) is 0 Å². The average Bonchev–Trinajstić information content (AvgIpc) is 3.43. The van der Waals surface area contributed by atoms with Crippen molar-refractivity contribution in [3.05, 3.63) is 71.8 Å². The van der Waals surface area contributed by atoms with Gasteiger partial charge in [0, 0.05) is 17.9 Å². The molecule has 0 bridgehead atoms. The van der Waals surface area contributed by atoms with Gasteiger partial charge in [-0.1, -0.05) is 60.7 Å². The first-order valence-corrected chi connectivity index (χ1v) is 7.73. The molecule has 0 saturated heterocycles. The third-order valence-corrected chi connectivity index (χ3v) is 4.70. The molecular formula is C19H19NO. The van der Waals surface area contributed by atoms with Gasteiger partial charge in [-0.2, -0.15) is 0 Å². The zero-order valence-electron chi connectivity index (χ0n) is 11.9. The quantitative estimate of drug-likeness (QED) is 0.911. The van der Waals surface area contributed by atoms with Crippen LogP contribution in [-0.4, -0.2) is 11.9 Å². The Kier molecular flexibility index (Phi) is 3.03. The van der Waals surface area contributed by atoms with E-state index in [0.717, 1.165) is 12.8 Å². The summed E-state index contributed by atoms with van der Waals surface area (Å²) in [7, 11) is 0. The van der Waals surface area contributed by atoms with Crippen LogP contribution in [0, 0.1) is 5.92 Å². The van der Waals surface area contributed by atoms with Crippen molar-refractivity contribution in [3.8, 4) is 0 Å². The van der Waals surface area contributed by atoms with Crippen LogP contribution >= 0.6 is 0 Å². The van der Waals surface area contributed by atoms with E-state index in [-0.39, 0.29) is 11.8 Å². The Hall–Kier alpha value is -2.09. The van der Waals surface area contributed by atoms with Gasteiger partial charge in [-0.15, -0.1) is 0 Å². The minimum absolute atomic E-state index is 0.185. The molecule has 0 aromatic heterocycles. The molecule has 2 fully saturated rings. The minimum atomic E-state index is 0.185. The number of carbonyl (C=O) groups is 1. The summed E-state index contributed by atoms with van der Waals surface area (Å²) < 4.78 is 0. The molecule has 2 saturated carbocycles. The summed E-state index contributed by atoms with van der Waals surface area (Å²) in [5.41, 5.74) is 2.64. The van der Waals surface area contributed by atoms with E-state index in [1.165, 1.54) is 11.1 Å². The van der Waals surface area contributed by atoms with Gasteiger partial charge >= 0.3 is 0 Å². The highest BCUT2D eigenvalue weighted by molar-refractivity contribution is 5.83. The summed E-state index contributed by atoms with van der Waals surface area (Å²) in [5.74, 6) is 1.38. The summed E-state index contributed by atoms with van der Waals surface area (Å²) in [6, 6.07) is 21.2. The Bertz CT molecular complexity index is 637. The van der Waals surface area contributed by atoms with E-state index < -0.39 is 0 Å². The van der Waals surface area contributed by atoms with E-state index in [0.29, 0.717) is 17.9 Å². The van der Waals surface area contributed by atoms with Crippen LogP contribution in [0.1, 0.15) is 35.8 Å². The molecule has 0 heterocycles. The van der Waals surface area contributed by atoms with Crippen molar-refractivity contribution < 1.29 is 4.79 Å². The second kappa shape index (κ2) is 5.03. The van der Waals surface area contributed by atoms with Crippen LogP contribution < -0.4 is 5.32 Å². The van der Waals surface area contributed by atoms with E-state index in [1.807, 2.05) is 12.1 Å². The standard InChI is InChI=1S/C19H19NO/c21-19(17-11-15(17)13-7-3-1-4-8-13)20-18-12-16(18)14-9-5-2-6-10-14/h1-10,15-18H,11-12H2,(H,20,21)/t15-,16+,17-,18+/m1/s1. The molecule has 2 aromatic rings. The third kappa shape index (κ3) is 2.58. The Morgan fingerprint density at radius 2 is 1.38 bits per heavy atom. The molecule has 1 N–H and O–H groups in total. The molecule has 2 heteroatoms. The van der Waals surface area contributed by atoms with Crippen molar-refractivity contribution in [2.45, 2.75) is 30.7 Å². The van der Waals surface area contributed by atoms with Gasteiger partial charge in [-0.25, -0.2) is 0 Å². The Balaban J connectivity index is 1.33. The van der Waals surface area contributed by atoms with E-state index in [9.17, 15) is 4.79 Å². The predicted octanol–water partition coefficient (Wildman–Crippen LogP) is 3.46. The Labute approximate surface area is 125 Å². The maximum Gasteiger partial charge on any atom is 0.223 e. The second-order valence-corrected chi connectivity index (χ2v) is 6.23. The lowest BCUT2D eigenvalue weighted by atomic mass is 10.1.